The molecule has 1 aromatic rings. The topological polar surface area (TPSA) is 52.9 Å². The summed E-state index contributed by atoms with van der Waals surface area (Å²) in [5.41, 5.74) is -1.56. The number of nitriles is 1. The largest absolute Gasteiger partial charge is 0.321 e. The highest BCUT2D eigenvalue weighted by atomic mass is 35.5. The maximum atomic E-state index is 13.5. The number of amides is 1. The molecule has 0 aliphatic heterocycles. The third kappa shape index (κ3) is 3.02. The Morgan fingerprint density at radius 2 is 2.00 bits per heavy atom. The fourth-order valence-corrected chi connectivity index (χ4v) is 1.92. The van der Waals surface area contributed by atoms with E-state index in [1.165, 1.54) is 0 Å². The molecule has 0 bridgehead atoms. The molecule has 0 aromatic heterocycles. The average Bonchev–Trinajstić information content (AvgIpc) is 2.36. The SMILES string of the molecule is CCC(C#N)(CC)C(=O)Nc1c(F)cc(F)cc1Cl. The molecule has 1 rings (SSSR count). The summed E-state index contributed by atoms with van der Waals surface area (Å²) in [6.45, 7) is 3.38. The molecule has 0 heterocycles. The number of nitrogens with zero attached hydrogens (tertiary/aromatic N) is 1. The quantitative estimate of drug-likeness (QED) is 0.913. The molecule has 0 fully saturated rings. The molecule has 19 heavy (non-hydrogen) atoms. The van der Waals surface area contributed by atoms with Crippen molar-refractivity contribution in [2.24, 2.45) is 5.41 Å². The third-order valence-corrected chi connectivity index (χ3v) is 3.40. The highest BCUT2D eigenvalue weighted by Gasteiger charge is 2.35. The lowest BCUT2D eigenvalue weighted by Gasteiger charge is -2.22. The number of anilines is 1. The Morgan fingerprint density at radius 3 is 2.42 bits per heavy atom. The van der Waals surface area contributed by atoms with Crippen molar-refractivity contribution in [1.82, 2.24) is 0 Å². The van der Waals surface area contributed by atoms with E-state index >= 15 is 0 Å². The summed E-state index contributed by atoms with van der Waals surface area (Å²) in [6, 6.07) is 3.45. The van der Waals surface area contributed by atoms with Gasteiger partial charge in [0.1, 0.15) is 11.2 Å². The normalized spacial score (nSPS) is 10.9. The van der Waals surface area contributed by atoms with Crippen molar-refractivity contribution in [2.75, 3.05) is 5.32 Å². The van der Waals surface area contributed by atoms with Crippen LogP contribution in [-0.2, 0) is 4.79 Å². The van der Waals surface area contributed by atoms with Gasteiger partial charge in [0.15, 0.2) is 5.82 Å². The molecule has 0 aliphatic carbocycles. The summed E-state index contributed by atoms with van der Waals surface area (Å²) in [5.74, 6) is -2.46. The Hall–Kier alpha value is -1.67. The Balaban J connectivity index is 3.11. The molecule has 1 amide bonds. The number of rotatable bonds is 4. The molecule has 0 aliphatic rings. The van der Waals surface area contributed by atoms with Gasteiger partial charge in [-0.2, -0.15) is 5.26 Å². The predicted molar refractivity (Wildman–Crippen MR) is 68.6 cm³/mol. The summed E-state index contributed by atoms with van der Waals surface area (Å²) in [5, 5.41) is 11.1. The highest BCUT2D eigenvalue weighted by molar-refractivity contribution is 6.33. The molecule has 1 N–H and O–H groups in total. The van der Waals surface area contributed by atoms with Crippen molar-refractivity contribution in [3.05, 3.63) is 28.8 Å². The summed E-state index contributed by atoms with van der Waals surface area (Å²) in [7, 11) is 0. The van der Waals surface area contributed by atoms with E-state index in [-0.39, 0.29) is 23.6 Å². The van der Waals surface area contributed by atoms with E-state index in [0.717, 1.165) is 6.07 Å². The van der Waals surface area contributed by atoms with Crippen molar-refractivity contribution in [3.63, 3.8) is 0 Å². The number of benzene rings is 1. The molecule has 0 radical (unpaired) electrons. The monoisotopic (exact) mass is 286 g/mol. The van der Waals surface area contributed by atoms with E-state index in [9.17, 15) is 13.6 Å². The van der Waals surface area contributed by atoms with Gasteiger partial charge in [-0.05, 0) is 18.9 Å². The highest BCUT2D eigenvalue weighted by Crippen LogP contribution is 2.31. The fourth-order valence-electron chi connectivity index (χ4n) is 1.67. The van der Waals surface area contributed by atoms with E-state index in [0.29, 0.717) is 6.07 Å². The number of halogens is 3. The van der Waals surface area contributed by atoms with Gasteiger partial charge in [0, 0.05) is 6.07 Å². The van der Waals surface area contributed by atoms with Crippen LogP contribution in [0, 0.1) is 28.4 Å². The number of hydrogen-bond donors (Lipinski definition) is 1. The zero-order chi connectivity index (χ0) is 14.6. The van der Waals surface area contributed by atoms with Crippen LogP contribution in [0.1, 0.15) is 26.7 Å². The molecule has 0 unspecified atom stereocenters. The average molecular weight is 287 g/mol. The van der Waals surface area contributed by atoms with Crippen LogP contribution in [0.3, 0.4) is 0 Å². The van der Waals surface area contributed by atoms with Gasteiger partial charge in [0.25, 0.3) is 0 Å². The first kappa shape index (κ1) is 15.4. The minimum Gasteiger partial charge on any atom is -0.321 e. The number of carbonyl (C=O) groups excluding carboxylic acids is 1. The smallest absolute Gasteiger partial charge is 0.244 e. The van der Waals surface area contributed by atoms with Gasteiger partial charge in [-0.3, -0.25) is 4.79 Å². The van der Waals surface area contributed by atoms with Gasteiger partial charge < -0.3 is 5.32 Å². The first-order valence-corrected chi connectivity index (χ1v) is 6.15. The minimum atomic E-state index is -1.25. The Kier molecular flexibility index (Phi) is 4.84. The van der Waals surface area contributed by atoms with E-state index in [1.807, 2.05) is 6.07 Å². The van der Waals surface area contributed by atoms with Gasteiger partial charge in [-0.25, -0.2) is 8.78 Å². The van der Waals surface area contributed by atoms with Crippen LogP contribution in [0.15, 0.2) is 12.1 Å². The molecule has 3 nitrogen and oxygen atoms in total. The fraction of sp³-hybridized carbons (Fsp3) is 0.385. The lowest BCUT2D eigenvalue weighted by atomic mass is 9.83. The third-order valence-electron chi connectivity index (χ3n) is 3.10. The number of hydrogen-bond acceptors (Lipinski definition) is 2. The second kappa shape index (κ2) is 5.98. The minimum absolute atomic E-state index is 0.245. The van der Waals surface area contributed by atoms with Gasteiger partial charge >= 0.3 is 0 Å². The number of nitrogens with one attached hydrogen (secondary N) is 1. The Morgan fingerprint density at radius 1 is 1.42 bits per heavy atom. The molecule has 1 aromatic carbocycles. The van der Waals surface area contributed by atoms with Gasteiger partial charge in [0.05, 0.1) is 16.8 Å². The van der Waals surface area contributed by atoms with Gasteiger partial charge in [0.2, 0.25) is 5.91 Å². The summed E-state index contributed by atoms with van der Waals surface area (Å²) in [4.78, 5) is 12.1. The van der Waals surface area contributed by atoms with Crippen molar-refractivity contribution < 1.29 is 13.6 Å². The first-order chi connectivity index (χ1) is 8.90. The van der Waals surface area contributed by atoms with E-state index < -0.39 is 23.0 Å². The molecule has 0 saturated carbocycles. The molecule has 0 spiro atoms. The van der Waals surface area contributed by atoms with Crippen LogP contribution < -0.4 is 5.32 Å². The Bertz CT molecular complexity index is 513. The van der Waals surface area contributed by atoms with Crippen molar-refractivity contribution in [1.29, 1.82) is 5.26 Å². The maximum absolute atomic E-state index is 13.5. The van der Waals surface area contributed by atoms with Gasteiger partial charge in [-0.15, -0.1) is 0 Å². The summed E-state index contributed by atoms with van der Waals surface area (Å²) in [6.07, 6.45) is 0.568. The molecule has 6 heteroatoms. The predicted octanol–water partition coefficient (Wildman–Crippen LogP) is 3.89. The van der Waals surface area contributed by atoms with E-state index in [1.54, 1.807) is 13.8 Å². The van der Waals surface area contributed by atoms with Crippen LogP contribution in [0.25, 0.3) is 0 Å². The van der Waals surface area contributed by atoms with E-state index in [4.69, 9.17) is 16.9 Å². The van der Waals surface area contributed by atoms with Crippen LogP contribution in [0.2, 0.25) is 5.02 Å². The zero-order valence-electron chi connectivity index (χ0n) is 10.6. The Labute approximate surface area is 115 Å². The lowest BCUT2D eigenvalue weighted by Crippen LogP contribution is -2.34. The van der Waals surface area contributed by atoms with Crippen LogP contribution in [0.5, 0.6) is 0 Å². The standard InChI is InChI=1S/C13H13ClF2N2O/c1-3-13(4-2,7-17)12(19)18-11-9(14)5-8(15)6-10(11)16/h5-6H,3-4H2,1-2H3,(H,18,19). The molecule has 0 atom stereocenters. The lowest BCUT2D eigenvalue weighted by molar-refractivity contribution is -0.123. The summed E-state index contributed by atoms with van der Waals surface area (Å²) < 4.78 is 26.4. The van der Waals surface area contributed by atoms with Crippen molar-refractivity contribution in [2.45, 2.75) is 26.7 Å². The molecule has 102 valence electrons. The van der Waals surface area contributed by atoms with Gasteiger partial charge in [-0.1, -0.05) is 25.4 Å². The summed E-state index contributed by atoms with van der Waals surface area (Å²) >= 11 is 5.68. The maximum Gasteiger partial charge on any atom is 0.244 e. The molecule has 0 saturated heterocycles. The molecular weight excluding hydrogens is 274 g/mol. The second-order valence-electron chi connectivity index (χ2n) is 4.10. The zero-order valence-corrected chi connectivity index (χ0v) is 11.3. The van der Waals surface area contributed by atoms with Crippen molar-refractivity contribution >= 4 is 23.2 Å². The van der Waals surface area contributed by atoms with E-state index in [2.05, 4.69) is 5.32 Å². The van der Waals surface area contributed by atoms with Crippen LogP contribution in [0.4, 0.5) is 14.5 Å². The molecular formula is C13H13ClF2N2O. The van der Waals surface area contributed by atoms with Crippen LogP contribution >= 0.6 is 11.6 Å². The second-order valence-corrected chi connectivity index (χ2v) is 4.51. The number of carbonyl (C=O) groups is 1. The van der Waals surface area contributed by atoms with Crippen molar-refractivity contribution in [3.8, 4) is 6.07 Å². The first-order valence-electron chi connectivity index (χ1n) is 5.77. The van der Waals surface area contributed by atoms with Crippen LogP contribution in [-0.4, -0.2) is 5.91 Å².